The molecule has 4 rings (SSSR count). The molecule has 2 aromatic carbocycles. The number of rotatable bonds is 6. The summed E-state index contributed by atoms with van der Waals surface area (Å²) in [4.78, 5) is 25.4. The first kappa shape index (κ1) is 20.6. The van der Waals surface area contributed by atoms with Crippen LogP contribution in [-0.4, -0.2) is 16.9 Å². The monoisotopic (exact) mass is 406 g/mol. The van der Waals surface area contributed by atoms with Gasteiger partial charge >= 0.3 is 0 Å². The van der Waals surface area contributed by atoms with Gasteiger partial charge in [0.2, 0.25) is 11.8 Å². The van der Waals surface area contributed by atoms with E-state index < -0.39 is 6.10 Å². The summed E-state index contributed by atoms with van der Waals surface area (Å²) in [5.41, 5.74) is 2.56. The summed E-state index contributed by atoms with van der Waals surface area (Å²) < 4.78 is 0. The van der Waals surface area contributed by atoms with Crippen molar-refractivity contribution in [3.8, 4) is 0 Å². The summed E-state index contributed by atoms with van der Waals surface area (Å²) in [5.74, 6) is -0.128. The fourth-order valence-corrected chi connectivity index (χ4v) is 4.04. The van der Waals surface area contributed by atoms with Crippen LogP contribution >= 0.6 is 0 Å². The highest BCUT2D eigenvalue weighted by Gasteiger charge is 2.51. The molecule has 2 saturated carbocycles. The minimum Gasteiger partial charge on any atom is -0.384 e. The van der Waals surface area contributed by atoms with E-state index in [1.54, 1.807) is 18.2 Å². The molecular weight excluding hydrogens is 376 g/mol. The Morgan fingerprint density at radius 1 is 0.833 bits per heavy atom. The normalized spacial score (nSPS) is 23.9. The Labute approximate surface area is 177 Å². The molecule has 3 atom stereocenters. The van der Waals surface area contributed by atoms with E-state index in [1.165, 1.54) is 0 Å². The molecule has 2 aliphatic rings. The number of aliphatic hydroxyl groups excluding tert-OH is 1. The van der Waals surface area contributed by atoms with E-state index >= 15 is 0 Å². The van der Waals surface area contributed by atoms with Crippen molar-refractivity contribution in [2.75, 3.05) is 10.6 Å². The van der Waals surface area contributed by atoms with Crippen molar-refractivity contribution >= 4 is 23.2 Å². The maximum Gasteiger partial charge on any atom is 0.228 e. The topological polar surface area (TPSA) is 78.4 Å². The SMILES string of the molecule is CC1(C)CC1C(=O)Nc1ccc(C(O)c2ccccc2)cc1NC(=O)C1CC1(C)C. The van der Waals surface area contributed by atoms with Gasteiger partial charge in [-0.15, -0.1) is 0 Å². The standard InChI is InChI=1S/C25H30N2O3/c1-24(2)13-17(24)22(29)26-19-11-10-16(21(28)15-8-6-5-7-9-15)12-20(19)27-23(30)18-14-25(18,3)4/h5-12,17-18,21,28H,13-14H2,1-4H3,(H,26,29)(H,27,30). The van der Waals surface area contributed by atoms with Crippen molar-refractivity contribution in [3.63, 3.8) is 0 Å². The molecule has 3 N–H and O–H groups in total. The second-order valence-electron chi connectivity index (χ2n) is 10.1. The largest absolute Gasteiger partial charge is 0.384 e. The number of carbonyl (C=O) groups excluding carboxylic acids is 2. The highest BCUT2D eigenvalue weighted by molar-refractivity contribution is 6.02. The van der Waals surface area contributed by atoms with Crippen LogP contribution in [-0.2, 0) is 9.59 Å². The highest BCUT2D eigenvalue weighted by atomic mass is 16.3. The lowest BCUT2D eigenvalue weighted by Gasteiger charge is -2.18. The molecule has 30 heavy (non-hydrogen) atoms. The van der Waals surface area contributed by atoms with Gasteiger partial charge in [0, 0.05) is 11.8 Å². The molecule has 3 unspecified atom stereocenters. The van der Waals surface area contributed by atoms with Crippen LogP contribution in [0.1, 0.15) is 57.8 Å². The lowest BCUT2D eigenvalue weighted by Crippen LogP contribution is -2.21. The quantitative estimate of drug-likeness (QED) is 0.648. The number of hydrogen-bond donors (Lipinski definition) is 3. The fourth-order valence-electron chi connectivity index (χ4n) is 4.04. The molecule has 2 aliphatic carbocycles. The van der Waals surface area contributed by atoms with Gasteiger partial charge < -0.3 is 15.7 Å². The number of benzene rings is 2. The van der Waals surface area contributed by atoms with Crippen molar-refractivity contribution in [1.82, 2.24) is 0 Å². The third-order valence-corrected chi connectivity index (χ3v) is 6.65. The minimum absolute atomic E-state index is 0.00664. The number of hydrogen-bond acceptors (Lipinski definition) is 3. The molecule has 158 valence electrons. The molecule has 0 aromatic heterocycles. The van der Waals surface area contributed by atoms with E-state index in [1.807, 2.05) is 30.3 Å². The summed E-state index contributed by atoms with van der Waals surface area (Å²) in [6.07, 6.45) is 0.899. The van der Waals surface area contributed by atoms with E-state index in [0.29, 0.717) is 16.9 Å². The molecule has 5 nitrogen and oxygen atoms in total. The smallest absolute Gasteiger partial charge is 0.228 e. The number of aliphatic hydroxyl groups is 1. The van der Waals surface area contributed by atoms with Gasteiger partial charge in [-0.2, -0.15) is 0 Å². The van der Waals surface area contributed by atoms with Crippen LogP contribution in [0.4, 0.5) is 11.4 Å². The van der Waals surface area contributed by atoms with Gasteiger partial charge in [-0.3, -0.25) is 9.59 Å². The zero-order valence-corrected chi connectivity index (χ0v) is 18.0. The Balaban J connectivity index is 1.60. The summed E-state index contributed by atoms with van der Waals surface area (Å²) >= 11 is 0. The van der Waals surface area contributed by atoms with E-state index in [-0.39, 0.29) is 34.5 Å². The fraction of sp³-hybridized carbons (Fsp3) is 0.440. The second kappa shape index (κ2) is 7.24. The number of nitrogens with one attached hydrogen (secondary N) is 2. The molecule has 0 saturated heterocycles. The van der Waals surface area contributed by atoms with Crippen LogP contribution in [0.3, 0.4) is 0 Å². The number of carbonyl (C=O) groups is 2. The first-order valence-corrected chi connectivity index (χ1v) is 10.6. The van der Waals surface area contributed by atoms with E-state index in [0.717, 1.165) is 18.4 Å². The van der Waals surface area contributed by atoms with Crippen LogP contribution in [0, 0.1) is 22.7 Å². The average Bonchev–Trinajstić information content (AvgIpc) is 3.56. The predicted octanol–water partition coefficient (Wildman–Crippen LogP) is 4.74. The molecule has 0 bridgehead atoms. The van der Waals surface area contributed by atoms with E-state index in [9.17, 15) is 14.7 Å². The molecule has 2 fully saturated rings. The Hall–Kier alpha value is -2.66. The number of anilines is 2. The maximum absolute atomic E-state index is 12.7. The Morgan fingerprint density at radius 2 is 1.33 bits per heavy atom. The molecule has 5 heteroatoms. The van der Waals surface area contributed by atoms with Crippen LogP contribution in [0.25, 0.3) is 0 Å². The van der Waals surface area contributed by atoms with Crippen LogP contribution in [0.5, 0.6) is 0 Å². The zero-order chi connectivity index (χ0) is 21.7. The molecule has 2 aromatic rings. The first-order valence-electron chi connectivity index (χ1n) is 10.6. The van der Waals surface area contributed by atoms with Crippen molar-refractivity contribution < 1.29 is 14.7 Å². The van der Waals surface area contributed by atoms with Crippen molar-refractivity contribution in [2.24, 2.45) is 22.7 Å². The summed E-state index contributed by atoms with van der Waals surface area (Å²) in [6, 6.07) is 14.7. The van der Waals surface area contributed by atoms with Crippen molar-refractivity contribution in [2.45, 2.75) is 46.6 Å². The highest BCUT2D eigenvalue weighted by Crippen LogP contribution is 2.53. The summed E-state index contributed by atoms with van der Waals surface area (Å²) in [7, 11) is 0. The van der Waals surface area contributed by atoms with Gasteiger partial charge in [-0.25, -0.2) is 0 Å². The zero-order valence-electron chi connectivity index (χ0n) is 18.0. The summed E-state index contributed by atoms with van der Waals surface area (Å²) in [5, 5.41) is 16.8. The van der Waals surface area contributed by atoms with Crippen molar-refractivity contribution in [3.05, 3.63) is 59.7 Å². The molecule has 0 heterocycles. The molecular formula is C25H30N2O3. The van der Waals surface area contributed by atoms with E-state index in [4.69, 9.17) is 0 Å². The van der Waals surface area contributed by atoms with Gasteiger partial charge in [0.15, 0.2) is 0 Å². The van der Waals surface area contributed by atoms with Gasteiger partial charge in [-0.05, 0) is 46.9 Å². The molecule has 0 spiro atoms. The Morgan fingerprint density at radius 3 is 1.83 bits per heavy atom. The number of amides is 2. The lowest BCUT2D eigenvalue weighted by molar-refractivity contribution is -0.119. The van der Waals surface area contributed by atoms with Crippen LogP contribution in [0.15, 0.2) is 48.5 Å². The third kappa shape index (κ3) is 4.12. The molecule has 0 aliphatic heterocycles. The Kier molecular flexibility index (Phi) is 4.97. The Bertz CT molecular complexity index is 981. The third-order valence-electron chi connectivity index (χ3n) is 6.65. The van der Waals surface area contributed by atoms with Gasteiger partial charge in [0.25, 0.3) is 0 Å². The molecule has 2 amide bonds. The lowest BCUT2D eigenvalue weighted by atomic mass is 10.00. The average molecular weight is 407 g/mol. The van der Waals surface area contributed by atoms with Crippen molar-refractivity contribution in [1.29, 1.82) is 0 Å². The molecule has 0 radical (unpaired) electrons. The van der Waals surface area contributed by atoms with Gasteiger partial charge in [-0.1, -0.05) is 64.1 Å². The minimum atomic E-state index is -0.814. The van der Waals surface area contributed by atoms with Crippen LogP contribution in [0.2, 0.25) is 0 Å². The van der Waals surface area contributed by atoms with Crippen LogP contribution < -0.4 is 10.6 Å². The first-order chi connectivity index (χ1) is 14.1. The summed E-state index contributed by atoms with van der Waals surface area (Å²) in [6.45, 7) is 8.30. The second-order valence-corrected chi connectivity index (χ2v) is 10.1. The van der Waals surface area contributed by atoms with Gasteiger partial charge in [0.05, 0.1) is 11.4 Å². The maximum atomic E-state index is 12.7. The predicted molar refractivity (Wildman–Crippen MR) is 118 cm³/mol. The van der Waals surface area contributed by atoms with Gasteiger partial charge in [0.1, 0.15) is 6.10 Å². The van der Waals surface area contributed by atoms with E-state index in [2.05, 4.69) is 38.3 Å².